The zero-order valence-corrected chi connectivity index (χ0v) is 12.4. The van der Waals surface area contributed by atoms with Crippen LogP contribution in [0, 0.1) is 0 Å². The second-order valence-electron chi connectivity index (χ2n) is 5.84. The zero-order chi connectivity index (χ0) is 14.7. The van der Waals surface area contributed by atoms with Gasteiger partial charge in [0.2, 0.25) is 0 Å². The van der Waals surface area contributed by atoms with Crippen molar-refractivity contribution in [2.75, 3.05) is 18.9 Å². The SMILES string of the molecule is CC(C)n1cc(N)cc1C(=O)N1CCCCCC1CO. The molecule has 1 atom stereocenters. The highest BCUT2D eigenvalue weighted by atomic mass is 16.3. The molecule has 1 fully saturated rings. The number of hydrogen-bond acceptors (Lipinski definition) is 3. The molecule has 20 heavy (non-hydrogen) atoms. The van der Waals surface area contributed by atoms with Crippen molar-refractivity contribution >= 4 is 11.6 Å². The number of aliphatic hydroxyl groups is 1. The van der Waals surface area contributed by atoms with Crippen LogP contribution in [0.4, 0.5) is 5.69 Å². The van der Waals surface area contributed by atoms with Gasteiger partial charge in [0.25, 0.3) is 5.91 Å². The van der Waals surface area contributed by atoms with Gasteiger partial charge in [-0.05, 0) is 32.8 Å². The first kappa shape index (κ1) is 14.9. The summed E-state index contributed by atoms with van der Waals surface area (Å²) in [4.78, 5) is 14.6. The molecule has 5 heteroatoms. The molecule has 0 bridgehead atoms. The highest BCUT2D eigenvalue weighted by Crippen LogP contribution is 2.23. The average molecular weight is 279 g/mol. The van der Waals surface area contributed by atoms with Gasteiger partial charge in [0.05, 0.1) is 18.3 Å². The molecule has 2 heterocycles. The Morgan fingerprint density at radius 1 is 1.45 bits per heavy atom. The van der Waals surface area contributed by atoms with Gasteiger partial charge in [0, 0.05) is 18.8 Å². The molecule has 5 nitrogen and oxygen atoms in total. The van der Waals surface area contributed by atoms with E-state index in [0.29, 0.717) is 17.9 Å². The molecule has 1 saturated heterocycles. The highest BCUT2D eigenvalue weighted by Gasteiger charge is 2.28. The number of aliphatic hydroxyl groups excluding tert-OH is 1. The van der Waals surface area contributed by atoms with Gasteiger partial charge in [-0.3, -0.25) is 4.79 Å². The normalized spacial score (nSPS) is 20.2. The number of rotatable bonds is 3. The summed E-state index contributed by atoms with van der Waals surface area (Å²) in [6.07, 6.45) is 5.87. The number of nitrogen functional groups attached to an aromatic ring is 1. The fourth-order valence-electron chi connectivity index (χ4n) is 2.88. The molecule has 1 aliphatic rings. The number of nitrogens with two attached hydrogens (primary N) is 1. The first-order valence-corrected chi connectivity index (χ1v) is 7.43. The Morgan fingerprint density at radius 2 is 2.20 bits per heavy atom. The second-order valence-corrected chi connectivity index (χ2v) is 5.84. The highest BCUT2D eigenvalue weighted by molar-refractivity contribution is 5.94. The summed E-state index contributed by atoms with van der Waals surface area (Å²) in [7, 11) is 0. The van der Waals surface area contributed by atoms with Gasteiger partial charge in [-0.1, -0.05) is 12.8 Å². The van der Waals surface area contributed by atoms with E-state index >= 15 is 0 Å². The van der Waals surface area contributed by atoms with Gasteiger partial charge in [-0.2, -0.15) is 0 Å². The zero-order valence-electron chi connectivity index (χ0n) is 12.4. The van der Waals surface area contributed by atoms with Crippen molar-refractivity contribution in [1.82, 2.24) is 9.47 Å². The predicted octanol–water partition coefficient (Wildman–Crippen LogP) is 2.03. The fraction of sp³-hybridized carbons (Fsp3) is 0.667. The molecule has 1 aromatic rings. The minimum Gasteiger partial charge on any atom is -0.397 e. The van der Waals surface area contributed by atoms with Crippen LogP contribution in [0.15, 0.2) is 12.3 Å². The maximum Gasteiger partial charge on any atom is 0.270 e. The van der Waals surface area contributed by atoms with Gasteiger partial charge in [-0.15, -0.1) is 0 Å². The molecule has 0 aliphatic carbocycles. The Bertz CT molecular complexity index is 468. The van der Waals surface area contributed by atoms with Crippen LogP contribution in [0.5, 0.6) is 0 Å². The smallest absolute Gasteiger partial charge is 0.270 e. The van der Waals surface area contributed by atoms with E-state index in [9.17, 15) is 9.90 Å². The third-order valence-corrected chi connectivity index (χ3v) is 3.99. The molecule has 0 radical (unpaired) electrons. The molecule has 112 valence electrons. The van der Waals surface area contributed by atoms with Crippen molar-refractivity contribution in [2.45, 2.75) is 51.6 Å². The van der Waals surface area contributed by atoms with Crippen molar-refractivity contribution in [3.8, 4) is 0 Å². The molecular weight excluding hydrogens is 254 g/mol. The van der Waals surface area contributed by atoms with Crippen molar-refractivity contribution in [3.63, 3.8) is 0 Å². The van der Waals surface area contributed by atoms with Crippen LogP contribution in [-0.4, -0.2) is 39.7 Å². The third kappa shape index (κ3) is 2.98. The largest absolute Gasteiger partial charge is 0.397 e. The monoisotopic (exact) mass is 279 g/mol. The number of carbonyl (C=O) groups excluding carboxylic acids is 1. The molecule has 1 aliphatic heterocycles. The maximum absolute atomic E-state index is 12.8. The maximum atomic E-state index is 12.8. The Balaban J connectivity index is 2.29. The van der Waals surface area contributed by atoms with E-state index in [0.717, 1.165) is 25.7 Å². The van der Waals surface area contributed by atoms with Crippen LogP contribution in [-0.2, 0) is 0 Å². The molecule has 1 amide bonds. The summed E-state index contributed by atoms with van der Waals surface area (Å²) in [5, 5.41) is 9.54. The Labute approximate surface area is 120 Å². The Hall–Kier alpha value is -1.49. The molecule has 1 unspecified atom stereocenters. The van der Waals surface area contributed by atoms with Crippen molar-refractivity contribution in [2.24, 2.45) is 0 Å². The quantitative estimate of drug-likeness (QED) is 0.889. The van der Waals surface area contributed by atoms with Crippen molar-refractivity contribution in [3.05, 3.63) is 18.0 Å². The van der Waals surface area contributed by atoms with E-state index in [1.165, 1.54) is 0 Å². The average Bonchev–Trinajstić information content (AvgIpc) is 2.67. The van der Waals surface area contributed by atoms with Gasteiger partial charge in [-0.25, -0.2) is 0 Å². The lowest BCUT2D eigenvalue weighted by Gasteiger charge is -2.29. The summed E-state index contributed by atoms with van der Waals surface area (Å²) in [5.74, 6) is -0.0173. The number of aromatic nitrogens is 1. The lowest BCUT2D eigenvalue weighted by Crippen LogP contribution is -2.42. The molecule has 1 aromatic heterocycles. The lowest BCUT2D eigenvalue weighted by atomic mass is 10.1. The standard InChI is InChI=1S/C15H25N3O2/c1-11(2)18-9-12(16)8-14(18)15(20)17-7-5-3-4-6-13(17)10-19/h8-9,11,13,19H,3-7,10,16H2,1-2H3. The molecular formula is C15H25N3O2. The summed E-state index contributed by atoms with van der Waals surface area (Å²) in [5.41, 5.74) is 7.07. The van der Waals surface area contributed by atoms with E-state index in [1.807, 2.05) is 29.5 Å². The molecule has 0 spiro atoms. The molecule has 0 saturated carbocycles. The second kappa shape index (κ2) is 6.31. The van der Waals surface area contributed by atoms with Crippen LogP contribution in [0.3, 0.4) is 0 Å². The third-order valence-electron chi connectivity index (χ3n) is 3.99. The fourth-order valence-corrected chi connectivity index (χ4v) is 2.88. The van der Waals surface area contributed by atoms with Crippen LogP contribution in [0.25, 0.3) is 0 Å². The van der Waals surface area contributed by atoms with E-state index in [4.69, 9.17) is 5.73 Å². The van der Waals surface area contributed by atoms with Gasteiger partial charge in [0.15, 0.2) is 0 Å². The Kier molecular flexibility index (Phi) is 4.70. The van der Waals surface area contributed by atoms with E-state index < -0.39 is 0 Å². The van der Waals surface area contributed by atoms with Crippen molar-refractivity contribution in [1.29, 1.82) is 0 Å². The minimum absolute atomic E-state index is 0.0173. The van der Waals surface area contributed by atoms with E-state index in [-0.39, 0.29) is 24.6 Å². The lowest BCUT2D eigenvalue weighted by molar-refractivity contribution is 0.0587. The van der Waals surface area contributed by atoms with Gasteiger partial charge in [0.1, 0.15) is 5.69 Å². The number of anilines is 1. The van der Waals surface area contributed by atoms with Gasteiger partial charge >= 0.3 is 0 Å². The van der Waals surface area contributed by atoms with E-state index in [2.05, 4.69) is 0 Å². The first-order valence-electron chi connectivity index (χ1n) is 7.43. The topological polar surface area (TPSA) is 71.5 Å². The van der Waals surface area contributed by atoms with E-state index in [1.54, 1.807) is 6.07 Å². The van der Waals surface area contributed by atoms with Crippen LogP contribution in [0.2, 0.25) is 0 Å². The number of carbonyl (C=O) groups is 1. The summed E-state index contributed by atoms with van der Waals surface area (Å²) < 4.78 is 1.91. The Morgan fingerprint density at radius 3 is 2.85 bits per heavy atom. The number of nitrogens with zero attached hydrogens (tertiary/aromatic N) is 2. The summed E-state index contributed by atoms with van der Waals surface area (Å²) in [6, 6.07) is 1.86. The van der Waals surface area contributed by atoms with Gasteiger partial charge < -0.3 is 20.3 Å². The number of likely N-dealkylation sites (tertiary alicyclic amines) is 1. The van der Waals surface area contributed by atoms with Crippen molar-refractivity contribution < 1.29 is 9.90 Å². The predicted molar refractivity (Wildman–Crippen MR) is 79.6 cm³/mol. The molecule has 2 rings (SSSR count). The summed E-state index contributed by atoms with van der Waals surface area (Å²) >= 11 is 0. The number of amides is 1. The van der Waals surface area contributed by atoms with Crippen LogP contribution in [0.1, 0.15) is 56.1 Å². The summed E-state index contributed by atoms with van der Waals surface area (Å²) in [6.45, 7) is 4.81. The minimum atomic E-state index is -0.0678. The molecule has 3 N–H and O–H groups in total. The number of hydrogen-bond donors (Lipinski definition) is 2. The first-order chi connectivity index (χ1) is 9.54. The van der Waals surface area contributed by atoms with Crippen LogP contribution >= 0.6 is 0 Å². The molecule has 0 aromatic carbocycles. The van der Waals surface area contributed by atoms with Crippen LogP contribution < -0.4 is 5.73 Å².